The highest BCUT2D eigenvalue weighted by Crippen LogP contribution is 2.35. The summed E-state index contributed by atoms with van der Waals surface area (Å²) in [5.74, 6) is -0.256. The van der Waals surface area contributed by atoms with E-state index in [1.54, 1.807) is 11.0 Å². The van der Waals surface area contributed by atoms with E-state index in [1.165, 1.54) is 24.5 Å². The van der Waals surface area contributed by atoms with Gasteiger partial charge in [0.25, 0.3) is 0 Å². The fourth-order valence-corrected chi connectivity index (χ4v) is 3.85. The maximum atomic E-state index is 12.5. The first-order chi connectivity index (χ1) is 16.7. The molecule has 0 amide bonds. The molecule has 1 aliphatic heterocycles. The molecule has 182 valence electrons. The Morgan fingerprint density at radius 1 is 1.17 bits per heavy atom. The first-order valence-electron chi connectivity index (χ1n) is 10.5. The molecule has 1 aliphatic rings. The number of hydrogen-bond donors (Lipinski definition) is 1. The standard InChI is InChI=1S/C23H19ClF3N5O3/c24-18-6-4-16(5-7-18)17-8-10-31(11-9-17)22-20(32(33)34)21(29-14-30-22)28-13-15-2-1-3-19(12-15)35-23(25,26)27/h1-8,12,14H,9-11,13H2,(H,28,29,30). The highest BCUT2D eigenvalue weighted by atomic mass is 35.5. The molecule has 0 spiro atoms. The highest BCUT2D eigenvalue weighted by Gasteiger charge is 2.31. The van der Waals surface area contributed by atoms with E-state index in [1.807, 2.05) is 30.3 Å². The lowest BCUT2D eigenvalue weighted by Crippen LogP contribution is -2.30. The van der Waals surface area contributed by atoms with Crippen molar-refractivity contribution in [1.29, 1.82) is 0 Å². The largest absolute Gasteiger partial charge is 0.573 e. The van der Waals surface area contributed by atoms with Crippen LogP contribution in [0, 0.1) is 10.1 Å². The minimum absolute atomic E-state index is 0.00698. The molecule has 4 rings (SSSR count). The Hall–Kier alpha value is -3.86. The van der Waals surface area contributed by atoms with Crippen LogP contribution in [-0.4, -0.2) is 34.3 Å². The second-order valence-corrected chi connectivity index (χ2v) is 8.07. The average Bonchev–Trinajstić information content (AvgIpc) is 2.82. The molecule has 0 atom stereocenters. The summed E-state index contributed by atoms with van der Waals surface area (Å²) in [6.07, 6.45) is -0.968. The third-order valence-electron chi connectivity index (χ3n) is 5.30. The zero-order chi connectivity index (χ0) is 25.0. The van der Waals surface area contributed by atoms with Gasteiger partial charge in [0.1, 0.15) is 12.1 Å². The number of alkyl halides is 3. The van der Waals surface area contributed by atoms with Crippen LogP contribution in [0.25, 0.3) is 5.57 Å². The first-order valence-corrected chi connectivity index (χ1v) is 10.9. The van der Waals surface area contributed by atoms with E-state index in [4.69, 9.17) is 11.6 Å². The molecule has 0 bridgehead atoms. The van der Waals surface area contributed by atoms with Gasteiger partial charge in [0.05, 0.1) is 4.92 Å². The second kappa shape index (κ2) is 10.2. The van der Waals surface area contributed by atoms with E-state index >= 15 is 0 Å². The molecule has 1 N–H and O–H groups in total. The molecule has 0 saturated carbocycles. The lowest BCUT2D eigenvalue weighted by Gasteiger charge is -2.27. The van der Waals surface area contributed by atoms with Crippen LogP contribution in [0.15, 0.2) is 60.9 Å². The molecule has 0 radical (unpaired) electrons. The number of nitrogens with zero attached hydrogens (tertiary/aromatic N) is 4. The summed E-state index contributed by atoms with van der Waals surface area (Å²) in [5, 5.41) is 15.4. The number of rotatable bonds is 7. The molecule has 0 fully saturated rings. The Labute approximate surface area is 203 Å². The van der Waals surface area contributed by atoms with Gasteiger partial charge in [-0.2, -0.15) is 0 Å². The van der Waals surface area contributed by atoms with E-state index in [0.29, 0.717) is 30.1 Å². The molecule has 8 nitrogen and oxygen atoms in total. The van der Waals surface area contributed by atoms with Crippen LogP contribution >= 0.6 is 11.6 Å². The maximum Gasteiger partial charge on any atom is 0.573 e. The van der Waals surface area contributed by atoms with E-state index in [0.717, 1.165) is 11.1 Å². The van der Waals surface area contributed by atoms with E-state index in [2.05, 4.69) is 20.0 Å². The van der Waals surface area contributed by atoms with E-state index in [-0.39, 0.29) is 29.6 Å². The van der Waals surface area contributed by atoms with Crippen molar-refractivity contribution in [2.75, 3.05) is 23.3 Å². The summed E-state index contributed by atoms with van der Waals surface area (Å²) in [7, 11) is 0. The molecular weight excluding hydrogens is 487 g/mol. The Morgan fingerprint density at radius 2 is 1.94 bits per heavy atom. The van der Waals surface area contributed by atoms with Gasteiger partial charge in [0.15, 0.2) is 0 Å². The predicted molar refractivity (Wildman–Crippen MR) is 125 cm³/mol. The predicted octanol–water partition coefficient (Wildman–Crippen LogP) is 5.84. The number of aromatic nitrogens is 2. The van der Waals surface area contributed by atoms with Crippen LogP contribution in [0.3, 0.4) is 0 Å². The Bertz CT molecular complexity index is 1250. The van der Waals surface area contributed by atoms with Gasteiger partial charge >= 0.3 is 12.0 Å². The smallest absolute Gasteiger partial charge is 0.406 e. The molecule has 2 heterocycles. The summed E-state index contributed by atoms with van der Waals surface area (Å²) in [4.78, 5) is 21.3. The zero-order valence-corrected chi connectivity index (χ0v) is 18.9. The monoisotopic (exact) mass is 505 g/mol. The number of anilines is 2. The van der Waals surface area contributed by atoms with Gasteiger partial charge in [-0.25, -0.2) is 9.97 Å². The van der Waals surface area contributed by atoms with E-state index in [9.17, 15) is 23.3 Å². The van der Waals surface area contributed by atoms with Crippen molar-refractivity contribution in [1.82, 2.24) is 9.97 Å². The molecule has 0 saturated heterocycles. The van der Waals surface area contributed by atoms with Gasteiger partial charge in [0.2, 0.25) is 11.6 Å². The molecule has 0 aliphatic carbocycles. The van der Waals surface area contributed by atoms with Crippen molar-refractivity contribution in [2.24, 2.45) is 0 Å². The third kappa shape index (κ3) is 6.18. The molecule has 1 aromatic heterocycles. The highest BCUT2D eigenvalue weighted by molar-refractivity contribution is 6.30. The molecule has 35 heavy (non-hydrogen) atoms. The third-order valence-corrected chi connectivity index (χ3v) is 5.55. The van der Waals surface area contributed by atoms with Crippen LogP contribution in [0.2, 0.25) is 5.02 Å². The summed E-state index contributed by atoms with van der Waals surface area (Å²) in [6.45, 7) is 0.904. The van der Waals surface area contributed by atoms with Crippen molar-refractivity contribution in [3.63, 3.8) is 0 Å². The lowest BCUT2D eigenvalue weighted by atomic mass is 9.99. The van der Waals surface area contributed by atoms with Gasteiger partial charge in [-0.05, 0) is 47.4 Å². The Kier molecular flexibility index (Phi) is 7.06. The lowest BCUT2D eigenvalue weighted by molar-refractivity contribution is -0.383. The maximum absolute atomic E-state index is 12.5. The van der Waals surface area contributed by atoms with Gasteiger partial charge < -0.3 is 15.0 Å². The quantitative estimate of drug-likeness (QED) is 0.318. The van der Waals surface area contributed by atoms with Crippen molar-refractivity contribution in [3.8, 4) is 5.75 Å². The number of nitro groups is 1. The van der Waals surface area contributed by atoms with Crippen LogP contribution in [0.4, 0.5) is 30.5 Å². The zero-order valence-electron chi connectivity index (χ0n) is 18.1. The van der Waals surface area contributed by atoms with Crippen LogP contribution in [-0.2, 0) is 6.54 Å². The van der Waals surface area contributed by atoms with Gasteiger partial charge in [-0.3, -0.25) is 10.1 Å². The van der Waals surface area contributed by atoms with Gasteiger partial charge in [-0.15, -0.1) is 13.2 Å². The molecule has 3 aromatic rings. The van der Waals surface area contributed by atoms with Gasteiger partial charge in [0, 0.05) is 24.7 Å². The number of hydrogen-bond acceptors (Lipinski definition) is 7. The SMILES string of the molecule is O=[N+]([O-])c1c(NCc2cccc(OC(F)(F)F)c2)ncnc1N1CC=C(c2ccc(Cl)cc2)CC1. The topological polar surface area (TPSA) is 93.4 Å². The van der Waals surface area contributed by atoms with Crippen molar-refractivity contribution in [2.45, 2.75) is 19.3 Å². The first kappa shape index (κ1) is 24.3. The fraction of sp³-hybridized carbons (Fsp3) is 0.217. The van der Waals surface area contributed by atoms with Crippen LogP contribution < -0.4 is 15.0 Å². The summed E-state index contributed by atoms with van der Waals surface area (Å²) in [6, 6.07) is 12.8. The van der Waals surface area contributed by atoms with E-state index < -0.39 is 11.3 Å². The summed E-state index contributed by atoms with van der Waals surface area (Å²) < 4.78 is 41.4. The molecule has 0 unspecified atom stereocenters. The summed E-state index contributed by atoms with van der Waals surface area (Å²) in [5.41, 5.74) is 2.26. The molecular formula is C23H19ClF3N5O3. The number of halogens is 4. The van der Waals surface area contributed by atoms with Crippen LogP contribution in [0.1, 0.15) is 17.5 Å². The number of ether oxygens (including phenoxy) is 1. The minimum atomic E-state index is -4.82. The second-order valence-electron chi connectivity index (χ2n) is 7.63. The van der Waals surface area contributed by atoms with Crippen molar-refractivity contribution < 1.29 is 22.8 Å². The van der Waals surface area contributed by atoms with Gasteiger partial charge in [-0.1, -0.05) is 41.9 Å². The van der Waals surface area contributed by atoms with Crippen LogP contribution in [0.5, 0.6) is 5.75 Å². The Balaban J connectivity index is 1.51. The minimum Gasteiger partial charge on any atom is -0.406 e. The molecule has 12 heteroatoms. The summed E-state index contributed by atoms with van der Waals surface area (Å²) >= 11 is 5.95. The number of nitrogens with one attached hydrogen (secondary N) is 1. The molecule has 2 aromatic carbocycles. The fourth-order valence-electron chi connectivity index (χ4n) is 3.72. The Morgan fingerprint density at radius 3 is 2.60 bits per heavy atom. The van der Waals surface area contributed by atoms with Crippen molar-refractivity contribution in [3.05, 3.63) is 87.2 Å². The number of benzene rings is 2. The average molecular weight is 506 g/mol. The normalized spacial score (nSPS) is 13.8. The van der Waals surface area contributed by atoms with Crippen molar-refractivity contribution >= 4 is 34.5 Å².